The van der Waals surface area contributed by atoms with Crippen LogP contribution in [0.4, 0.5) is 0 Å². The zero-order valence-electron chi connectivity index (χ0n) is 14.8. The first-order chi connectivity index (χ1) is 12.6. The van der Waals surface area contributed by atoms with E-state index in [0.717, 1.165) is 5.56 Å². The number of aliphatic hydroxyl groups excluding tert-OH is 1. The Morgan fingerprint density at radius 2 is 1.92 bits per heavy atom. The molecule has 2 aromatic carbocycles. The van der Waals surface area contributed by atoms with Gasteiger partial charge in [0, 0.05) is 24.7 Å². The lowest BCUT2D eigenvalue weighted by Gasteiger charge is -2.26. The Morgan fingerprint density at radius 3 is 2.54 bits per heavy atom. The molecule has 0 fully saturated rings. The van der Waals surface area contributed by atoms with Gasteiger partial charge in [-0.2, -0.15) is 0 Å². The standard InChI is InChI=1S/C20H22N2O4/c1-3-22-18(24)13-9-15(19(25)21-2)17-16(10-13)20(11-23,12-26-17)14-7-5-4-6-8-14/h4-10,23H,3,11-12H2,1-2H3,(H,21,25)(H,22,24). The van der Waals surface area contributed by atoms with Crippen molar-refractivity contribution in [1.29, 1.82) is 0 Å². The molecule has 136 valence electrons. The van der Waals surface area contributed by atoms with Crippen LogP contribution < -0.4 is 15.4 Å². The molecule has 1 aliphatic heterocycles. The van der Waals surface area contributed by atoms with E-state index in [1.807, 2.05) is 37.3 Å². The van der Waals surface area contributed by atoms with Crippen LogP contribution in [-0.4, -0.2) is 43.7 Å². The molecule has 3 N–H and O–H groups in total. The summed E-state index contributed by atoms with van der Waals surface area (Å²) in [4.78, 5) is 24.8. The van der Waals surface area contributed by atoms with Crippen molar-refractivity contribution in [2.75, 3.05) is 26.8 Å². The summed E-state index contributed by atoms with van der Waals surface area (Å²) in [6.07, 6.45) is 0. The topological polar surface area (TPSA) is 87.7 Å². The molecule has 1 atom stereocenters. The highest BCUT2D eigenvalue weighted by Gasteiger charge is 2.44. The van der Waals surface area contributed by atoms with Crippen molar-refractivity contribution in [2.24, 2.45) is 0 Å². The summed E-state index contributed by atoms with van der Waals surface area (Å²) < 4.78 is 5.86. The van der Waals surface area contributed by atoms with Gasteiger partial charge in [-0.3, -0.25) is 9.59 Å². The van der Waals surface area contributed by atoms with Crippen molar-refractivity contribution in [3.05, 3.63) is 64.7 Å². The van der Waals surface area contributed by atoms with Crippen molar-refractivity contribution >= 4 is 11.8 Å². The lowest BCUT2D eigenvalue weighted by atomic mass is 9.76. The Hall–Kier alpha value is -2.86. The smallest absolute Gasteiger partial charge is 0.254 e. The first-order valence-corrected chi connectivity index (χ1v) is 8.55. The summed E-state index contributed by atoms with van der Waals surface area (Å²) in [7, 11) is 1.53. The number of benzene rings is 2. The van der Waals surface area contributed by atoms with Gasteiger partial charge in [0.05, 0.1) is 17.6 Å². The van der Waals surface area contributed by atoms with E-state index in [4.69, 9.17) is 4.74 Å². The molecule has 26 heavy (non-hydrogen) atoms. The SMILES string of the molecule is CCNC(=O)c1cc(C(=O)NC)c2c(c1)C(CO)(c1ccccc1)CO2. The number of carbonyl (C=O) groups excluding carboxylic acids is 2. The molecule has 2 aromatic rings. The van der Waals surface area contributed by atoms with E-state index in [1.54, 1.807) is 6.07 Å². The normalized spacial score (nSPS) is 18.0. The summed E-state index contributed by atoms with van der Waals surface area (Å²) in [5.41, 5.74) is 1.36. The molecule has 0 spiro atoms. The lowest BCUT2D eigenvalue weighted by molar-refractivity contribution is 0.0955. The van der Waals surface area contributed by atoms with E-state index >= 15 is 0 Å². The molecule has 6 nitrogen and oxygen atoms in total. The highest BCUT2D eigenvalue weighted by Crippen LogP contribution is 2.45. The summed E-state index contributed by atoms with van der Waals surface area (Å²) in [6.45, 7) is 2.31. The molecule has 0 saturated carbocycles. The fraction of sp³-hybridized carbons (Fsp3) is 0.300. The first kappa shape index (κ1) is 17.9. The second-order valence-corrected chi connectivity index (χ2v) is 6.23. The maximum absolute atomic E-state index is 12.4. The average Bonchev–Trinajstić information content (AvgIpc) is 3.07. The molecule has 2 amide bonds. The summed E-state index contributed by atoms with van der Waals surface area (Å²) in [5.74, 6) is -0.197. The third-order valence-corrected chi connectivity index (χ3v) is 4.73. The van der Waals surface area contributed by atoms with E-state index < -0.39 is 5.41 Å². The Balaban J connectivity index is 2.23. The maximum Gasteiger partial charge on any atom is 0.254 e. The number of amides is 2. The quantitative estimate of drug-likeness (QED) is 0.759. The largest absolute Gasteiger partial charge is 0.491 e. The summed E-state index contributed by atoms with van der Waals surface area (Å²) >= 11 is 0. The summed E-state index contributed by atoms with van der Waals surface area (Å²) in [5, 5.41) is 15.6. The van der Waals surface area contributed by atoms with Crippen LogP contribution in [0.2, 0.25) is 0 Å². The lowest BCUT2D eigenvalue weighted by Crippen LogP contribution is -2.34. The number of rotatable bonds is 5. The molecule has 0 aliphatic carbocycles. The highest BCUT2D eigenvalue weighted by molar-refractivity contribution is 6.02. The molecule has 0 radical (unpaired) electrons. The van der Waals surface area contributed by atoms with Crippen molar-refractivity contribution in [2.45, 2.75) is 12.3 Å². The van der Waals surface area contributed by atoms with Gasteiger partial charge in [-0.1, -0.05) is 30.3 Å². The maximum atomic E-state index is 12.4. The fourth-order valence-corrected chi connectivity index (χ4v) is 3.33. The van der Waals surface area contributed by atoms with Crippen LogP contribution in [-0.2, 0) is 5.41 Å². The zero-order valence-corrected chi connectivity index (χ0v) is 14.8. The predicted molar refractivity (Wildman–Crippen MR) is 97.6 cm³/mol. The van der Waals surface area contributed by atoms with Crippen molar-refractivity contribution < 1.29 is 19.4 Å². The third kappa shape index (κ3) is 2.82. The Bertz CT molecular complexity index is 835. The third-order valence-electron chi connectivity index (χ3n) is 4.73. The van der Waals surface area contributed by atoms with Crippen molar-refractivity contribution in [3.63, 3.8) is 0 Å². The number of nitrogens with one attached hydrogen (secondary N) is 2. The van der Waals surface area contributed by atoms with Gasteiger partial charge in [-0.25, -0.2) is 0 Å². The molecule has 1 heterocycles. The van der Waals surface area contributed by atoms with E-state index in [1.165, 1.54) is 13.1 Å². The minimum atomic E-state index is -0.818. The predicted octanol–water partition coefficient (Wildman–Crippen LogP) is 1.47. The molecule has 6 heteroatoms. The second-order valence-electron chi connectivity index (χ2n) is 6.23. The number of ether oxygens (including phenoxy) is 1. The average molecular weight is 354 g/mol. The van der Waals surface area contributed by atoms with Crippen LogP contribution >= 0.6 is 0 Å². The van der Waals surface area contributed by atoms with E-state index in [2.05, 4.69) is 10.6 Å². The van der Waals surface area contributed by atoms with Crippen LogP contribution in [0.5, 0.6) is 5.75 Å². The van der Waals surface area contributed by atoms with E-state index in [0.29, 0.717) is 23.4 Å². The number of hydrogen-bond acceptors (Lipinski definition) is 4. The molecule has 0 aromatic heterocycles. The fourth-order valence-electron chi connectivity index (χ4n) is 3.33. The minimum Gasteiger partial charge on any atom is -0.491 e. The molecular weight excluding hydrogens is 332 g/mol. The Morgan fingerprint density at radius 1 is 1.19 bits per heavy atom. The highest BCUT2D eigenvalue weighted by atomic mass is 16.5. The summed E-state index contributed by atoms with van der Waals surface area (Å²) in [6, 6.07) is 12.7. The van der Waals surface area contributed by atoms with Crippen LogP contribution in [0, 0.1) is 0 Å². The van der Waals surface area contributed by atoms with E-state index in [9.17, 15) is 14.7 Å². The van der Waals surface area contributed by atoms with Gasteiger partial charge in [0.2, 0.25) is 0 Å². The molecule has 3 rings (SSSR count). The van der Waals surface area contributed by atoms with Gasteiger partial charge in [0.1, 0.15) is 12.4 Å². The van der Waals surface area contributed by atoms with Gasteiger partial charge in [0.15, 0.2) is 0 Å². The van der Waals surface area contributed by atoms with Crippen molar-refractivity contribution in [1.82, 2.24) is 10.6 Å². The first-order valence-electron chi connectivity index (χ1n) is 8.55. The van der Waals surface area contributed by atoms with E-state index in [-0.39, 0.29) is 30.6 Å². The van der Waals surface area contributed by atoms with Gasteiger partial charge in [-0.15, -0.1) is 0 Å². The molecule has 1 aliphatic rings. The Labute approximate surface area is 152 Å². The molecule has 1 unspecified atom stereocenters. The molecule has 0 bridgehead atoms. The molecule has 0 saturated heterocycles. The van der Waals surface area contributed by atoms with Crippen LogP contribution in [0.15, 0.2) is 42.5 Å². The van der Waals surface area contributed by atoms with Crippen LogP contribution in [0.3, 0.4) is 0 Å². The number of carbonyl (C=O) groups is 2. The monoisotopic (exact) mass is 354 g/mol. The second kappa shape index (κ2) is 7.17. The van der Waals surface area contributed by atoms with Gasteiger partial charge < -0.3 is 20.5 Å². The Kier molecular flexibility index (Phi) is 4.95. The van der Waals surface area contributed by atoms with Gasteiger partial charge in [0.25, 0.3) is 11.8 Å². The number of hydrogen-bond donors (Lipinski definition) is 3. The van der Waals surface area contributed by atoms with Gasteiger partial charge in [-0.05, 0) is 24.6 Å². The number of fused-ring (bicyclic) bond motifs is 1. The minimum absolute atomic E-state index is 0.198. The van der Waals surface area contributed by atoms with Crippen LogP contribution in [0.25, 0.3) is 0 Å². The van der Waals surface area contributed by atoms with Gasteiger partial charge >= 0.3 is 0 Å². The zero-order chi connectivity index (χ0) is 18.7. The van der Waals surface area contributed by atoms with Crippen molar-refractivity contribution in [3.8, 4) is 5.75 Å². The number of aliphatic hydroxyl groups is 1. The van der Waals surface area contributed by atoms with Crippen LogP contribution in [0.1, 0.15) is 38.8 Å². The molecular formula is C20H22N2O4.